The van der Waals surface area contributed by atoms with Gasteiger partial charge in [-0.1, -0.05) is 0 Å². The molecule has 0 radical (unpaired) electrons. The van der Waals surface area contributed by atoms with E-state index in [0.717, 1.165) is 0 Å². The molecule has 0 aromatic carbocycles. The summed E-state index contributed by atoms with van der Waals surface area (Å²) < 4.78 is 11.0. The van der Waals surface area contributed by atoms with Crippen LogP contribution >= 0.6 is 0 Å². The largest absolute Gasteiger partial charge is 0.363 e. The fourth-order valence-corrected chi connectivity index (χ4v) is 1.30. The highest BCUT2D eigenvalue weighted by molar-refractivity contribution is 4.91. The molecule has 1 saturated heterocycles. The number of rotatable bonds is 0. The van der Waals surface area contributed by atoms with E-state index in [-0.39, 0.29) is 5.60 Å². The SMILES string of the molecule is CC1(C)COC(C)(O)C(C)(C)O1. The molecule has 3 heteroatoms. The first kappa shape index (κ1) is 9.96. The maximum atomic E-state index is 9.79. The van der Waals surface area contributed by atoms with E-state index < -0.39 is 11.4 Å². The van der Waals surface area contributed by atoms with Crippen molar-refractivity contribution in [3.8, 4) is 0 Å². The lowest BCUT2D eigenvalue weighted by Gasteiger charge is -2.49. The van der Waals surface area contributed by atoms with Crippen molar-refractivity contribution in [2.24, 2.45) is 0 Å². The second-order valence-electron chi connectivity index (χ2n) is 4.64. The Balaban J connectivity index is 2.82. The van der Waals surface area contributed by atoms with Crippen LogP contribution in [0.25, 0.3) is 0 Å². The van der Waals surface area contributed by atoms with Crippen LogP contribution in [0.4, 0.5) is 0 Å². The van der Waals surface area contributed by atoms with Crippen molar-refractivity contribution in [1.82, 2.24) is 0 Å². The summed E-state index contributed by atoms with van der Waals surface area (Å²) in [6.07, 6.45) is 0. The van der Waals surface area contributed by atoms with E-state index in [1.165, 1.54) is 0 Å². The zero-order chi connectivity index (χ0) is 9.62. The quantitative estimate of drug-likeness (QED) is 0.601. The fraction of sp³-hybridized carbons (Fsp3) is 1.00. The van der Waals surface area contributed by atoms with E-state index in [9.17, 15) is 5.11 Å². The third-order valence-electron chi connectivity index (χ3n) is 2.35. The Morgan fingerprint density at radius 1 is 1.08 bits per heavy atom. The molecule has 1 aliphatic rings. The van der Waals surface area contributed by atoms with E-state index >= 15 is 0 Å². The van der Waals surface area contributed by atoms with Gasteiger partial charge in [0.05, 0.1) is 12.2 Å². The van der Waals surface area contributed by atoms with Crippen LogP contribution in [0, 0.1) is 0 Å². The lowest BCUT2D eigenvalue weighted by atomic mass is 9.94. The molecule has 0 aromatic rings. The van der Waals surface area contributed by atoms with Crippen LogP contribution in [0.3, 0.4) is 0 Å². The molecule has 0 amide bonds. The second-order valence-corrected chi connectivity index (χ2v) is 4.64. The highest BCUT2D eigenvalue weighted by Gasteiger charge is 2.49. The lowest BCUT2D eigenvalue weighted by molar-refractivity contribution is -0.369. The van der Waals surface area contributed by atoms with Crippen molar-refractivity contribution in [3.63, 3.8) is 0 Å². The molecule has 1 rings (SSSR count). The topological polar surface area (TPSA) is 38.7 Å². The Labute approximate surface area is 73.7 Å². The molecule has 1 heterocycles. The first-order chi connectivity index (χ1) is 5.16. The molecule has 3 nitrogen and oxygen atoms in total. The Morgan fingerprint density at radius 2 is 1.58 bits per heavy atom. The van der Waals surface area contributed by atoms with Crippen LogP contribution < -0.4 is 0 Å². The third kappa shape index (κ3) is 1.63. The Morgan fingerprint density at radius 3 is 1.92 bits per heavy atom. The molecule has 0 aromatic heterocycles. The van der Waals surface area contributed by atoms with Crippen molar-refractivity contribution >= 4 is 0 Å². The smallest absolute Gasteiger partial charge is 0.191 e. The first-order valence-corrected chi connectivity index (χ1v) is 4.23. The highest BCUT2D eigenvalue weighted by atomic mass is 16.7. The van der Waals surface area contributed by atoms with E-state index in [4.69, 9.17) is 9.47 Å². The zero-order valence-corrected chi connectivity index (χ0v) is 8.47. The first-order valence-electron chi connectivity index (χ1n) is 4.23. The van der Waals surface area contributed by atoms with Crippen molar-refractivity contribution in [2.45, 2.75) is 51.6 Å². The van der Waals surface area contributed by atoms with Crippen LogP contribution in [0.15, 0.2) is 0 Å². The van der Waals surface area contributed by atoms with Gasteiger partial charge in [-0.3, -0.25) is 0 Å². The van der Waals surface area contributed by atoms with Gasteiger partial charge in [-0.05, 0) is 34.6 Å². The van der Waals surface area contributed by atoms with Crippen molar-refractivity contribution in [1.29, 1.82) is 0 Å². The van der Waals surface area contributed by atoms with Gasteiger partial charge in [0.25, 0.3) is 0 Å². The van der Waals surface area contributed by atoms with Gasteiger partial charge < -0.3 is 14.6 Å². The number of aliphatic hydroxyl groups is 1. The van der Waals surface area contributed by atoms with Gasteiger partial charge in [-0.2, -0.15) is 0 Å². The number of hydrogen-bond donors (Lipinski definition) is 1. The van der Waals surface area contributed by atoms with Gasteiger partial charge in [0.2, 0.25) is 0 Å². The molecule has 0 aliphatic carbocycles. The summed E-state index contributed by atoms with van der Waals surface area (Å²) in [5.74, 6) is -1.19. The van der Waals surface area contributed by atoms with E-state index in [1.807, 2.05) is 27.7 Å². The molecule has 0 bridgehead atoms. The molecular formula is C9H18O3. The van der Waals surface area contributed by atoms with Crippen molar-refractivity contribution < 1.29 is 14.6 Å². The summed E-state index contributed by atoms with van der Waals surface area (Å²) in [5.41, 5.74) is -0.972. The highest BCUT2D eigenvalue weighted by Crippen LogP contribution is 2.36. The van der Waals surface area contributed by atoms with Gasteiger partial charge >= 0.3 is 0 Å². The predicted molar refractivity (Wildman–Crippen MR) is 45.8 cm³/mol. The van der Waals surface area contributed by atoms with E-state index in [1.54, 1.807) is 6.92 Å². The fourth-order valence-electron chi connectivity index (χ4n) is 1.30. The molecule has 12 heavy (non-hydrogen) atoms. The van der Waals surface area contributed by atoms with Gasteiger partial charge in [-0.15, -0.1) is 0 Å². The summed E-state index contributed by atoms with van der Waals surface area (Å²) in [7, 11) is 0. The minimum Gasteiger partial charge on any atom is -0.363 e. The van der Waals surface area contributed by atoms with E-state index in [2.05, 4.69) is 0 Å². The standard InChI is InChI=1S/C9H18O3/c1-7(2)6-11-9(5,10)8(3,4)12-7/h10H,6H2,1-5H3. The minimum atomic E-state index is -1.19. The van der Waals surface area contributed by atoms with Crippen LogP contribution in [0.1, 0.15) is 34.6 Å². The molecule has 1 N–H and O–H groups in total. The van der Waals surface area contributed by atoms with Crippen molar-refractivity contribution in [2.75, 3.05) is 6.61 Å². The lowest BCUT2D eigenvalue weighted by Crippen LogP contribution is -2.61. The third-order valence-corrected chi connectivity index (χ3v) is 2.35. The average Bonchev–Trinajstić information content (AvgIpc) is 1.79. The number of hydrogen-bond acceptors (Lipinski definition) is 3. The predicted octanol–water partition coefficient (Wildman–Crippen LogP) is 1.30. The molecule has 0 saturated carbocycles. The summed E-state index contributed by atoms with van der Waals surface area (Å²) in [6.45, 7) is 9.60. The molecule has 72 valence electrons. The molecule has 1 atom stereocenters. The monoisotopic (exact) mass is 174 g/mol. The summed E-state index contributed by atoms with van der Waals surface area (Å²) in [6, 6.07) is 0. The maximum absolute atomic E-state index is 9.79. The van der Waals surface area contributed by atoms with Crippen LogP contribution in [-0.2, 0) is 9.47 Å². The molecule has 1 unspecified atom stereocenters. The van der Waals surface area contributed by atoms with Crippen LogP contribution in [0.2, 0.25) is 0 Å². The Bertz CT molecular complexity index is 182. The van der Waals surface area contributed by atoms with E-state index in [0.29, 0.717) is 6.61 Å². The molecule has 1 aliphatic heterocycles. The molecule has 1 fully saturated rings. The Hall–Kier alpha value is -0.120. The second kappa shape index (κ2) is 2.44. The Kier molecular flexibility index (Phi) is 2.02. The van der Waals surface area contributed by atoms with Gasteiger partial charge in [-0.25, -0.2) is 0 Å². The van der Waals surface area contributed by atoms with Crippen LogP contribution in [-0.4, -0.2) is 28.7 Å². The zero-order valence-electron chi connectivity index (χ0n) is 8.47. The maximum Gasteiger partial charge on any atom is 0.191 e. The average molecular weight is 174 g/mol. The normalized spacial score (nSPS) is 39.5. The summed E-state index contributed by atoms with van der Waals surface area (Å²) in [5, 5.41) is 9.79. The van der Waals surface area contributed by atoms with Gasteiger partial charge in [0, 0.05) is 0 Å². The molecule has 0 spiro atoms. The van der Waals surface area contributed by atoms with Crippen LogP contribution in [0.5, 0.6) is 0 Å². The van der Waals surface area contributed by atoms with Gasteiger partial charge in [0.1, 0.15) is 5.60 Å². The molecular weight excluding hydrogens is 156 g/mol. The van der Waals surface area contributed by atoms with Crippen molar-refractivity contribution in [3.05, 3.63) is 0 Å². The summed E-state index contributed by atoms with van der Waals surface area (Å²) in [4.78, 5) is 0. The van der Waals surface area contributed by atoms with Gasteiger partial charge in [0.15, 0.2) is 5.79 Å². The minimum absolute atomic E-state index is 0.314. The summed E-state index contributed by atoms with van der Waals surface area (Å²) >= 11 is 0. The number of ether oxygens (including phenoxy) is 2.